The Hall–Kier alpha value is -0.910. The first-order valence-electron chi connectivity index (χ1n) is 6.97. The summed E-state index contributed by atoms with van der Waals surface area (Å²) in [6, 6.07) is 5.63. The summed E-state index contributed by atoms with van der Waals surface area (Å²) in [5.74, 6) is 1.79. The van der Waals surface area contributed by atoms with Gasteiger partial charge in [-0.15, -0.1) is 0 Å². The first kappa shape index (κ1) is 15.5. The van der Waals surface area contributed by atoms with Crippen molar-refractivity contribution in [1.82, 2.24) is 0 Å². The number of ether oxygens (including phenoxy) is 2. The van der Waals surface area contributed by atoms with Crippen LogP contribution in [0.15, 0.2) is 18.2 Å². The van der Waals surface area contributed by atoms with E-state index in [1.54, 1.807) is 7.11 Å². The van der Waals surface area contributed by atoms with Crippen LogP contribution in [-0.4, -0.2) is 35.5 Å². The second kappa shape index (κ2) is 7.20. The van der Waals surface area contributed by atoms with E-state index in [2.05, 4.69) is 0 Å². The topological polar surface area (TPSA) is 61.5 Å². The van der Waals surface area contributed by atoms with Crippen molar-refractivity contribution in [3.63, 3.8) is 0 Å². The van der Waals surface area contributed by atoms with Crippen molar-refractivity contribution in [3.8, 4) is 5.75 Å². The quantitative estimate of drug-likeness (QED) is 0.871. The van der Waals surface area contributed by atoms with Crippen LogP contribution < -0.4 is 10.5 Å². The van der Waals surface area contributed by atoms with E-state index in [0.717, 1.165) is 36.3 Å². The van der Waals surface area contributed by atoms with Gasteiger partial charge in [0.05, 0.1) is 13.2 Å². The van der Waals surface area contributed by atoms with E-state index in [1.807, 2.05) is 25.1 Å². The molecule has 1 aliphatic heterocycles. The Morgan fingerprint density at radius 1 is 1.55 bits per heavy atom. The molecule has 1 aliphatic rings. The lowest BCUT2D eigenvalue weighted by atomic mass is 10.1. The van der Waals surface area contributed by atoms with Crippen LogP contribution in [0.2, 0.25) is 0 Å². The summed E-state index contributed by atoms with van der Waals surface area (Å²) in [7, 11) is 0.666. The van der Waals surface area contributed by atoms with Crippen LogP contribution in [0.5, 0.6) is 5.75 Å². The first-order chi connectivity index (χ1) is 9.60. The molecule has 20 heavy (non-hydrogen) atoms. The third-order valence-corrected chi connectivity index (χ3v) is 5.02. The normalized spacial score (nSPS) is 21.6. The van der Waals surface area contributed by atoms with Crippen LogP contribution >= 0.6 is 0 Å². The lowest BCUT2D eigenvalue weighted by molar-refractivity contribution is 0.128. The lowest BCUT2D eigenvalue weighted by Gasteiger charge is -2.17. The van der Waals surface area contributed by atoms with Gasteiger partial charge >= 0.3 is 0 Å². The molecule has 4 nitrogen and oxygen atoms in total. The minimum Gasteiger partial charge on any atom is -0.496 e. The first-order valence-corrected chi connectivity index (χ1v) is 8.45. The van der Waals surface area contributed by atoms with Crippen LogP contribution in [0.3, 0.4) is 0 Å². The minimum atomic E-state index is -0.963. The van der Waals surface area contributed by atoms with Crippen molar-refractivity contribution in [3.05, 3.63) is 29.3 Å². The SMILES string of the molecule is COc1ccc(C)cc1C(N)CS(=O)CC1CCCO1. The summed E-state index contributed by atoms with van der Waals surface area (Å²) in [5, 5.41) is 0. The van der Waals surface area contributed by atoms with Gasteiger partial charge in [0.25, 0.3) is 0 Å². The number of benzene rings is 1. The molecular weight excluding hydrogens is 274 g/mol. The molecule has 3 unspecified atom stereocenters. The molecule has 1 aromatic rings. The summed E-state index contributed by atoms with van der Waals surface area (Å²) < 4.78 is 23.0. The molecule has 0 aliphatic carbocycles. The van der Waals surface area contributed by atoms with Gasteiger partial charge in [-0.25, -0.2) is 0 Å². The highest BCUT2D eigenvalue weighted by atomic mass is 32.2. The van der Waals surface area contributed by atoms with Crippen LogP contribution in [0.1, 0.15) is 30.0 Å². The van der Waals surface area contributed by atoms with Crippen molar-refractivity contribution in [2.75, 3.05) is 25.2 Å². The second-order valence-electron chi connectivity index (χ2n) is 5.26. The van der Waals surface area contributed by atoms with Gasteiger partial charge in [0.2, 0.25) is 0 Å². The Labute approximate surface area is 123 Å². The van der Waals surface area contributed by atoms with Crippen molar-refractivity contribution in [2.24, 2.45) is 5.73 Å². The van der Waals surface area contributed by atoms with E-state index in [9.17, 15) is 4.21 Å². The van der Waals surface area contributed by atoms with Gasteiger partial charge < -0.3 is 15.2 Å². The Morgan fingerprint density at radius 2 is 2.35 bits per heavy atom. The van der Waals surface area contributed by atoms with Crippen molar-refractivity contribution in [1.29, 1.82) is 0 Å². The number of nitrogens with two attached hydrogens (primary N) is 1. The molecule has 0 saturated carbocycles. The van der Waals surface area contributed by atoms with E-state index in [0.29, 0.717) is 11.5 Å². The van der Waals surface area contributed by atoms with Crippen molar-refractivity contribution >= 4 is 10.8 Å². The van der Waals surface area contributed by atoms with Crippen LogP contribution in [-0.2, 0) is 15.5 Å². The Kier molecular flexibility index (Phi) is 5.57. The van der Waals surface area contributed by atoms with E-state index >= 15 is 0 Å². The third kappa shape index (κ3) is 4.04. The number of hydrogen-bond acceptors (Lipinski definition) is 4. The molecule has 1 heterocycles. The lowest BCUT2D eigenvalue weighted by Crippen LogP contribution is -2.24. The third-order valence-electron chi connectivity index (χ3n) is 3.55. The summed E-state index contributed by atoms with van der Waals surface area (Å²) in [5.41, 5.74) is 8.25. The highest BCUT2D eigenvalue weighted by Gasteiger charge is 2.21. The molecule has 0 aromatic heterocycles. The molecule has 2 rings (SSSR count). The summed E-state index contributed by atoms with van der Waals surface area (Å²) in [6.07, 6.45) is 2.22. The Morgan fingerprint density at radius 3 is 3.00 bits per heavy atom. The fourth-order valence-electron chi connectivity index (χ4n) is 2.48. The van der Waals surface area contributed by atoms with Crippen LogP contribution in [0, 0.1) is 6.92 Å². The average molecular weight is 297 g/mol. The standard InChI is InChI=1S/C15H23NO3S/c1-11-5-6-15(18-2)13(8-11)14(16)10-20(17)9-12-4-3-7-19-12/h5-6,8,12,14H,3-4,7,9-10,16H2,1-2H3. The molecule has 0 radical (unpaired) electrons. The maximum absolute atomic E-state index is 12.2. The fraction of sp³-hybridized carbons (Fsp3) is 0.600. The molecule has 1 saturated heterocycles. The van der Waals surface area contributed by atoms with Gasteiger partial charge in [-0.2, -0.15) is 0 Å². The largest absolute Gasteiger partial charge is 0.496 e. The zero-order valence-electron chi connectivity index (χ0n) is 12.1. The molecule has 0 spiro atoms. The smallest absolute Gasteiger partial charge is 0.123 e. The van der Waals surface area contributed by atoms with Gasteiger partial charge in [-0.05, 0) is 25.8 Å². The molecule has 0 amide bonds. The van der Waals surface area contributed by atoms with Gasteiger partial charge in [0, 0.05) is 40.5 Å². The number of aryl methyl sites for hydroxylation is 1. The number of methoxy groups -OCH3 is 1. The molecule has 5 heteroatoms. The minimum absolute atomic E-state index is 0.141. The van der Waals surface area contributed by atoms with E-state index in [4.69, 9.17) is 15.2 Å². The molecular formula is C15H23NO3S. The van der Waals surface area contributed by atoms with E-state index in [1.165, 1.54) is 0 Å². The summed E-state index contributed by atoms with van der Waals surface area (Å²) in [4.78, 5) is 0. The van der Waals surface area contributed by atoms with E-state index < -0.39 is 10.8 Å². The average Bonchev–Trinajstić information content (AvgIpc) is 2.91. The highest BCUT2D eigenvalue weighted by Crippen LogP contribution is 2.26. The molecule has 0 bridgehead atoms. The molecule has 1 aromatic carbocycles. The second-order valence-corrected chi connectivity index (χ2v) is 6.81. The summed E-state index contributed by atoms with van der Waals surface area (Å²) >= 11 is 0. The van der Waals surface area contributed by atoms with Gasteiger partial charge in [-0.1, -0.05) is 17.7 Å². The van der Waals surface area contributed by atoms with Crippen LogP contribution in [0.4, 0.5) is 0 Å². The molecule has 2 N–H and O–H groups in total. The van der Waals surface area contributed by atoms with Gasteiger partial charge in [0.15, 0.2) is 0 Å². The van der Waals surface area contributed by atoms with Crippen molar-refractivity contribution in [2.45, 2.75) is 31.9 Å². The van der Waals surface area contributed by atoms with Crippen LogP contribution in [0.25, 0.3) is 0 Å². The zero-order valence-corrected chi connectivity index (χ0v) is 12.9. The predicted octanol–water partition coefficient (Wildman–Crippen LogP) is 1.93. The van der Waals surface area contributed by atoms with E-state index in [-0.39, 0.29) is 12.1 Å². The van der Waals surface area contributed by atoms with Crippen molar-refractivity contribution < 1.29 is 13.7 Å². The van der Waals surface area contributed by atoms with Gasteiger partial charge in [0.1, 0.15) is 5.75 Å². The fourth-order valence-corrected chi connectivity index (χ4v) is 3.88. The predicted molar refractivity (Wildman–Crippen MR) is 81.5 cm³/mol. The Bertz CT molecular complexity index is 472. The maximum Gasteiger partial charge on any atom is 0.123 e. The Balaban J connectivity index is 1.98. The van der Waals surface area contributed by atoms with Gasteiger partial charge in [-0.3, -0.25) is 4.21 Å². The summed E-state index contributed by atoms with van der Waals surface area (Å²) in [6.45, 7) is 2.80. The zero-order chi connectivity index (χ0) is 14.5. The number of hydrogen-bond donors (Lipinski definition) is 1. The number of rotatable bonds is 6. The monoisotopic (exact) mass is 297 g/mol. The maximum atomic E-state index is 12.2. The molecule has 112 valence electrons. The molecule has 1 fully saturated rings. The highest BCUT2D eigenvalue weighted by molar-refractivity contribution is 7.85. The molecule has 3 atom stereocenters.